The van der Waals surface area contributed by atoms with Gasteiger partial charge in [0.15, 0.2) is 0 Å². The second-order valence-corrected chi connectivity index (χ2v) is 7.31. The molecule has 1 aliphatic heterocycles. The number of aliphatic hydroxyl groups excluding tert-OH is 1. The first-order valence-corrected chi connectivity index (χ1v) is 8.17. The topological polar surface area (TPSA) is 23.5 Å². The summed E-state index contributed by atoms with van der Waals surface area (Å²) >= 11 is 0. The highest BCUT2D eigenvalue weighted by molar-refractivity contribution is 5.23. The van der Waals surface area contributed by atoms with E-state index in [4.69, 9.17) is 0 Å². The van der Waals surface area contributed by atoms with Crippen LogP contribution in [0.1, 0.15) is 36.5 Å². The summed E-state index contributed by atoms with van der Waals surface area (Å²) in [7, 11) is 0. The zero-order valence-electron chi connectivity index (χ0n) is 12.3. The Kier molecular flexibility index (Phi) is 3.12. The highest BCUT2D eigenvalue weighted by atomic mass is 16.3. The normalized spacial score (nSPS) is 37.3. The van der Waals surface area contributed by atoms with E-state index in [-0.39, 0.29) is 6.10 Å². The monoisotopic (exact) mass is 271 g/mol. The molecule has 1 N–H and O–H groups in total. The van der Waals surface area contributed by atoms with E-state index in [1.54, 1.807) is 0 Å². The maximum absolute atomic E-state index is 10.4. The van der Waals surface area contributed by atoms with Gasteiger partial charge in [0.25, 0.3) is 0 Å². The van der Waals surface area contributed by atoms with Crippen LogP contribution in [0.5, 0.6) is 0 Å². The van der Waals surface area contributed by atoms with Gasteiger partial charge in [0.2, 0.25) is 0 Å². The largest absolute Gasteiger partial charge is 0.387 e. The quantitative estimate of drug-likeness (QED) is 0.913. The van der Waals surface area contributed by atoms with Gasteiger partial charge in [0.1, 0.15) is 0 Å². The lowest BCUT2D eigenvalue weighted by atomic mass is 9.82. The molecule has 0 amide bonds. The summed E-state index contributed by atoms with van der Waals surface area (Å²) < 4.78 is 0. The fourth-order valence-corrected chi connectivity index (χ4v) is 5.06. The summed E-state index contributed by atoms with van der Waals surface area (Å²) in [6.45, 7) is 5.37. The van der Waals surface area contributed by atoms with Gasteiger partial charge in [-0.1, -0.05) is 29.8 Å². The standard InChI is InChI=1S/C18H25NO/c1-12-2-4-13(5-3-12)18(20)11-19-9-16-14-6-7-15(8-14)17(16)10-19/h2-5,14-18,20H,6-11H2,1H3/t14-,15+,16-,17+,18-/m1/s1. The minimum absolute atomic E-state index is 0.327. The van der Waals surface area contributed by atoms with Gasteiger partial charge in [-0.2, -0.15) is 0 Å². The van der Waals surface area contributed by atoms with Crippen molar-refractivity contribution in [3.05, 3.63) is 35.4 Å². The number of nitrogens with zero attached hydrogens (tertiary/aromatic N) is 1. The SMILES string of the molecule is Cc1ccc([C@H](O)CN2C[C@@H]3[C@@H]4CC[C@@H](C4)[C@@H]3C2)cc1. The number of hydrogen-bond acceptors (Lipinski definition) is 2. The molecule has 2 aliphatic carbocycles. The molecule has 1 heterocycles. The summed E-state index contributed by atoms with van der Waals surface area (Å²) in [6, 6.07) is 8.33. The molecule has 2 nitrogen and oxygen atoms in total. The van der Waals surface area contributed by atoms with Crippen LogP contribution in [0.2, 0.25) is 0 Å². The third-order valence-corrected chi connectivity index (χ3v) is 6.11. The summed E-state index contributed by atoms with van der Waals surface area (Å²) in [6.07, 6.45) is 4.12. The van der Waals surface area contributed by atoms with Crippen LogP contribution in [0.15, 0.2) is 24.3 Å². The maximum atomic E-state index is 10.4. The number of rotatable bonds is 3. The molecule has 3 aliphatic rings. The van der Waals surface area contributed by atoms with Crippen LogP contribution in [-0.4, -0.2) is 29.6 Å². The first-order valence-electron chi connectivity index (χ1n) is 8.17. The van der Waals surface area contributed by atoms with Gasteiger partial charge in [0.05, 0.1) is 6.10 Å². The molecular formula is C18H25NO. The summed E-state index contributed by atoms with van der Waals surface area (Å²) in [4.78, 5) is 2.52. The van der Waals surface area contributed by atoms with Crippen LogP contribution in [0.4, 0.5) is 0 Å². The van der Waals surface area contributed by atoms with Crippen molar-refractivity contribution in [1.29, 1.82) is 0 Å². The number of aliphatic hydroxyl groups is 1. The highest BCUT2D eigenvalue weighted by Gasteiger charge is 2.51. The van der Waals surface area contributed by atoms with Gasteiger partial charge in [0, 0.05) is 19.6 Å². The molecule has 1 aromatic rings. The maximum Gasteiger partial charge on any atom is 0.0916 e. The second kappa shape index (κ2) is 4.85. The van der Waals surface area contributed by atoms with Crippen LogP contribution in [-0.2, 0) is 0 Å². The molecule has 4 rings (SSSR count). The number of fused-ring (bicyclic) bond motifs is 5. The van der Waals surface area contributed by atoms with Crippen molar-refractivity contribution in [3.8, 4) is 0 Å². The molecule has 2 heteroatoms. The minimum atomic E-state index is -0.327. The smallest absolute Gasteiger partial charge is 0.0916 e. The first kappa shape index (κ1) is 12.8. The van der Waals surface area contributed by atoms with Crippen molar-refractivity contribution >= 4 is 0 Å². The van der Waals surface area contributed by atoms with E-state index >= 15 is 0 Å². The highest BCUT2D eigenvalue weighted by Crippen LogP contribution is 2.55. The number of likely N-dealkylation sites (tertiary alicyclic amines) is 1. The Morgan fingerprint density at radius 3 is 2.30 bits per heavy atom. The molecule has 5 atom stereocenters. The number of benzene rings is 1. The molecule has 108 valence electrons. The Hall–Kier alpha value is -0.860. The number of aryl methyl sites for hydroxylation is 1. The van der Waals surface area contributed by atoms with E-state index < -0.39 is 0 Å². The molecule has 1 aromatic carbocycles. The van der Waals surface area contributed by atoms with Crippen LogP contribution in [0, 0.1) is 30.6 Å². The van der Waals surface area contributed by atoms with E-state index in [0.717, 1.165) is 35.8 Å². The van der Waals surface area contributed by atoms with E-state index in [1.807, 2.05) is 0 Å². The zero-order valence-corrected chi connectivity index (χ0v) is 12.3. The number of hydrogen-bond donors (Lipinski definition) is 1. The molecule has 0 spiro atoms. The van der Waals surface area contributed by atoms with Gasteiger partial charge in [-0.25, -0.2) is 0 Å². The fraction of sp³-hybridized carbons (Fsp3) is 0.667. The van der Waals surface area contributed by atoms with Gasteiger partial charge in [-0.3, -0.25) is 4.90 Å². The third kappa shape index (κ3) is 2.10. The molecule has 20 heavy (non-hydrogen) atoms. The molecule has 3 fully saturated rings. The van der Waals surface area contributed by atoms with Crippen LogP contribution < -0.4 is 0 Å². The zero-order chi connectivity index (χ0) is 13.7. The molecule has 0 aromatic heterocycles. The van der Waals surface area contributed by atoms with E-state index in [9.17, 15) is 5.11 Å². The minimum Gasteiger partial charge on any atom is -0.387 e. The van der Waals surface area contributed by atoms with Crippen LogP contribution in [0.25, 0.3) is 0 Å². The Labute approximate surface area is 121 Å². The Bertz CT molecular complexity index is 465. The molecule has 2 saturated carbocycles. The van der Waals surface area contributed by atoms with E-state index in [1.165, 1.54) is 37.9 Å². The summed E-state index contributed by atoms with van der Waals surface area (Å²) in [5, 5.41) is 10.4. The number of β-amino-alcohol motifs (C(OH)–C–C–N with tert-alkyl or cyclic N) is 1. The average molecular weight is 271 g/mol. The van der Waals surface area contributed by atoms with Crippen molar-refractivity contribution in [2.75, 3.05) is 19.6 Å². The van der Waals surface area contributed by atoms with Crippen LogP contribution >= 0.6 is 0 Å². The van der Waals surface area contributed by atoms with E-state index in [2.05, 4.69) is 36.1 Å². The summed E-state index contributed by atoms with van der Waals surface area (Å²) in [5.74, 6) is 3.90. The van der Waals surface area contributed by atoms with Crippen molar-refractivity contribution in [3.63, 3.8) is 0 Å². The van der Waals surface area contributed by atoms with Crippen molar-refractivity contribution in [1.82, 2.24) is 4.90 Å². The predicted octanol–water partition coefficient (Wildman–Crippen LogP) is 3.01. The lowest BCUT2D eigenvalue weighted by Gasteiger charge is -2.22. The molecule has 2 bridgehead atoms. The molecule has 0 unspecified atom stereocenters. The Balaban J connectivity index is 1.39. The lowest BCUT2D eigenvalue weighted by Crippen LogP contribution is -2.28. The van der Waals surface area contributed by atoms with Gasteiger partial charge in [-0.15, -0.1) is 0 Å². The molecule has 1 saturated heterocycles. The van der Waals surface area contributed by atoms with Crippen molar-refractivity contribution in [2.45, 2.75) is 32.3 Å². The molecular weight excluding hydrogens is 246 g/mol. The third-order valence-electron chi connectivity index (χ3n) is 6.11. The first-order chi connectivity index (χ1) is 9.70. The Morgan fingerprint density at radius 2 is 1.70 bits per heavy atom. The van der Waals surface area contributed by atoms with Crippen molar-refractivity contribution < 1.29 is 5.11 Å². The molecule has 0 radical (unpaired) electrons. The second-order valence-electron chi connectivity index (χ2n) is 7.31. The van der Waals surface area contributed by atoms with Crippen molar-refractivity contribution in [2.24, 2.45) is 23.7 Å². The fourth-order valence-electron chi connectivity index (χ4n) is 5.06. The van der Waals surface area contributed by atoms with Crippen LogP contribution in [0.3, 0.4) is 0 Å². The van der Waals surface area contributed by atoms with E-state index in [0.29, 0.717) is 0 Å². The average Bonchev–Trinajstić information content (AvgIpc) is 3.10. The summed E-state index contributed by atoms with van der Waals surface area (Å²) in [5.41, 5.74) is 2.32. The van der Waals surface area contributed by atoms with Gasteiger partial charge >= 0.3 is 0 Å². The lowest BCUT2D eigenvalue weighted by molar-refractivity contribution is 0.120. The predicted molar refractivity (Wildman–Crippen MR) is 80.4 cm³/mol. The Morgan fingerprint density at radius 1 is 1.10 bits per heavy atom. The van der Waals surface area contributed by atoms with Gasteiger partial charge in [-0.05, 0) is 55.4 Å². The van der Waals surface area contributed by atoms with Gasteiger partial charge < -0.3 is 5.11 Å².